The van der Waals surface area contributed by atoms with E-state index in [4.69, 9.17) is 20.6 Å². The fourth-order valence-electron chi connectivity index (χ4n) is 3.00. The first kappa shape index (κ1) is 21.5. The Hall–Kier alpha value is -3.18. The van der Waals surface area contributed by atoms with Crippen molar-refractivity contribution in [3.63, 3.8) is 0 Å². The molecular weight excluding hydrogens is 428 g/mol. The van der Waals surface area contributed by atoms with Crippen molar-refractivity contribution in [2.24, 2.45) is 0 Å². The van der Waals surface area contributed by atoms with Crippen LogP contribution in [0.15, 0.2) is 82.6 Å². The van der Waals surface area contributed by atoms with Crippen molar-refractivity contribution in [2.75, 3.05) is 11.5 Å². The average molecular weight is 447 g/mol. The van der Waals surface area contributed by atoms with Crippen LogP contribution in [-0.2, 0) is 20.2 Å². The lowest BCUT2D eigenvalue weighted by molar-refractivity contribution is 0.481. The molecule has 0 saturated heterocycles. The first-order valence-electron chi connectivity index (χ1n) is 8.49. The largest absolute Gasteiger partial charge is 0.398 e. The standard InChI is InChI=1S/2C10H9NO3S/c11-10-3-1-2-7-6-8(15(12,13)14)4-5-9(7)10;11-9-6-5-7-3-1-2-4-8(7)10(9)15(12,13)14/h2*1-6H,11H2,(H,12,13,14). The zero-order valence-corrected chi connectivity index (χ0v) is 17.1. The average Bonchev–Trinajstić information content (AvgIpc) is 2.66. The van der Waals surface area contributed by atoms with E-state index in [1.807, 2.05) is 0 Å². The Bertz CT molecular complexity index is 1470. The zero-order valence-electron chi connectivity index (χ0n) is 15.4. The van der Waals surface area contributed by atoms with Gasteiger partial charge in [-0.05, 0) is 35.0 Å². The molecule has 0 unspecified atom stereocenters. The summed E-state index contributed by atoms with van der Waals surface area (Å²) in [6.45, 7) is 0. The second kappa shape index (κ2) is 7.92. The molecule has 0 bridgehead atoms. The second-order valence-corrected chi connectivity index (χ2v) is 9.17. The van der Waals surface area contributed by atoms with Crippen LogP contribution in [0.25, 0.3) is 21.5 Å². The van der Waals surface area contributed by atoms with Gasteiger partial charge in [0.05, 0.1) is 10.6 Å². The predicted molar refractivity (Wildman–Crippen MR) is 116 cm³/mol. The predicted octanol–water partition coefficient (Wildman–Crippen LogP) is 3.34. The van der Waals surface area contributed by atoms with Gasteiger partial charge >= 0.3 is 0 Å². The summed E-state index contributed by atoms with van der Waals surface area (Å²) in [7, 11) is -8.43. The molecule has 0 aliphatic heterocycles. The number of hydrogen-bond acceptors (Lipinski definition) is 6. The lowest BCUT2D eigenvalue weighted by Crippen LogP contribution is -2.03. The van der Waals surface area contributed by atoms with Gasteiger partial charge in [0.15, 0.2) is 0 Å². The summed E-state index contributed by atoms with van der Waals surface area (Å²) in [5, 5.41) is 2.61. The summed E-state index contributed by atoms with van der Waals surface area (Å²) in [5.74, 6) is 0. The topological polar surface area (TPSA) is 161 Å². The molecule has 0 atom stereocenters. The van der Waals surface area contributed by atoms with Gasteiger partial charge in [-0.1, -0.05) is 48.5 Å². The van der Waals surface area contributed by atoms with Crippen molar-refractivity contribution in [2.45, 2.75) is 9.79 Å². The molecule has 0 aromatic heterocycles. The first-order valence-corrected chi connectivity index (χ1v) is 11.4. The normalized spacial score (nSPS) is 11.8. The van der Waals surface area contributed by atoms with Crippen LogP contribution in [0.1, 0.15) is 0 Å². The maximum absolute atomic E-state index is 11.1. The number of benzene rings is 4. The molecule has 156 valence electrons. The van der Waals surface area contributed by atoms with E-state index in [0.29, 0.717) is 16.5 Å². The highest BCUT2D eigenvalue weighted by molar-refractivity contribution is 7.86. The molecule has 4 aromatic rings. The van der Waals surface area contributed by atoms with Crippen LogP contribution in [0.2, 0.25) is 0 Å². The Morgan fingerprint density at radius 2 is 1.27 bits per heavy atom. The lowest BCUT2D eigenvalue weighted by atomic mass is 10.1. The number of rotatable bonds is 2. The third-order valence-electron chi connectivity index (χ3n) is 4.35. The third kappa shape index (κ3) is 4.52. The van der Waals surface area contributed by atoms with Gasteiger partial charge in [0.25, 0.3) is 20.2 Å². The molecule has 0 amide bonds. The van der Waals surface area contributed by atoms with Crippen LogP contribution in [0, 0.1) is 0 Å². The molecular formula is C20H18N2O6S2. The molecule has 4 rings (SSSR count). The minimum atomic E-state index is -4.29. The van der Waals surface area contributed by atoms with Crippen molar-refractivity contribution < 1.29 is 25.9 Å². The zero-order chi connectivity index (χ0) is 22.1. The lowest BCUT2D eigenvalue weighted by Gasteiger charge is -2.06. The van der Waals surface area contributed by atoms with E-state index in [2.05, 4.69) is 0 Å². The smallest absolute Gasteiger partial charge is 0.297 e. The van der Waals surface area contributed by atoms with Gasteiger partial charge in [-0.2, -0.15) is 16.8 Å². The van der Waals surface area contributed by atoms with Gasteiger partial charge in [0.1, 0.15) is 4.90 Å². The molecule has 0 aliphatic rings. The molecule has 0 heterocycles. The molecule has 0 aliphatic carbocycles. The Kier molecular flexibility index (Phi) is 5.68. The van der Waals surface area contributed by atoms with E-state index in [1.165, 1.54) is 18.2 Å². The summed E-state index contributed by atoms with van der Waals surface area (Å²) in [4.78, 5) is -0.346. The van der Waals surface area contributed by atoms with E-state index in [-0.39, 0.29) is 15.5 Å². The molecule has 6 N–H and O–H groups in total. The summed E-state index contributed by atoms with van der Waals surface area (Å²) in [6, 6.07) is 19.5. The fraction of sp³-hybridized carbons (Fsp3) is 0. The highest BCUT2D eigenvalue weighted by atomic mass is 32.2. The van der Waals surface area contributed by atoms with Gasteiger partial charge in [-0.15, -0.1) is 0 Å². The highest BCUT2D eigenvalue weighted by Crippen LogP contribution is 2.28. The number of nitrogen functional groups attached to an aromatic ring is 2. The van der Waals surface area contributed by atoms with Crippen LogP contribution < -0.4 is 11.5 Å². The van der Waals surface area contributed by atoms with E-state index >= 15 is 0 Å². The maximum Gasteiger partial charge on any atom is 0.297 e. The van der Waals surface area contributed by atoms with Crippen molar-refractivity contribution >= 4 is 53.2 Å². The molecule has 30 heavy (non-hydrogen) atoms. The highest BCUT2D eigenvalue weighted by Gasteiger charge is 2.17. The molecule has 10 heteroatoms. The minimum Gasteiger partial charge on any atom is -0.398 e. The van der Waals surface area contributed by atoms with Gasteiger partial charge in [-0.25, -0.2) is 0 Å². The van der Waals surface area contributed by atoms with Gasteiger partial charge in [0, 0.05) is 16.5 Å². The SMILES string of the molecule is Nc1ccc2ccccc2c1S(=O)(=O)O.Nc1cccc2cc(S(=O)(=O)O)ccc12. The first-order chi connectivity index (χ1) is 14.0. The van der Waals surface area contributed by atoms with E-state index in [0.717, 1.165) is 10.8 Å². The Balaban J connectivity index is 0.000000171. The van der Waals surface area contributed by atoms with Crippen LogP contribution in [-0.4, -0.2) is 25.9 Å². The van der Waals surface area contributed by atoms with E-state index < -0.39 is 20.2 Å². The van der Waals surface area contributed by atoms with Crippen LogP contribution >= 0.6 is 0 Å². The Labute approximate surface area is 173 Å². The molecule has 8 nitrogen and oxygen atoms in total. The summed E-state index contributed by atoms with van der Waals surface area (Å²) >= 11 is 0. The maximum atomic E-state index is 11.1. The van der Waals surface area contributed by atoms with Crippen molar-refractivity contribution in [3.8, 4) is 0 Å². The minimum absolute atomic E-state index is 0.0520. The molecule has 0 fully saturated rings. The number of fused-ring (bicyclic) bond motifs is 2. The second-order valence-electron chi connectivity index (χ2n) is 6.39. The molecule has 0 spiro atoms. The summed E-state index contributed by atoms with van der Waals surface area (Å²) in [6.07, 6.45) is 0. The molecule has 0 saturated carbocycles. The van der Waals surface area contributed by atoms with Crippen molar-refractivity contribution in [3.05, 3.63) is 72.8 Å². The Morgan fingerprint density at radius 3 is 1.93 bits per heavy atom. The van der Waals surface area contributed by atoms with Gasteiger partial charge in [-0.3, -0.25) is 9.11 Å². The molecule has 0 radical (unpaired) electrons. The fourth-order valence-corrected chi connectivity index (χ4v) is 4.34. The van der Waals surface area contributed by atoms with Crippen molar-refractivity contribution in [1.29, 1.82) is 0 Å². The van der Waals surface area contributed by atoms with Crippen LogP contribution in [0.5, 0.6) is 0 Å². The van der Waals surface area contributed by atoms with Crippen LogP contribution in [0.3, 0.4) is 0 Å². The summed E-state index contributed by atoms with van der Waals surface area (Å²) in [5.41, 5.74) is 11.9. The molecule has 4 aromatic carbocycles. The quantitative estimate of drug-likeness (QED) is 0.269. The van der Waals surface area contributed by atoms with E-state index in [9.17, 15) is 16.8 Å². The monoisotopic (exact) mass is 446 g/mol. The van der Waals surface area contributed by atoms with Crippen LogP contribution in [0.4, 0.5) is 11.4 Å². The van der Waals surface area contributed by atoms with Gasteiger partial charge in [0.2, 0.25) is 0 Å². The number of anilines is 2. The van der Waals surface area contributed by atoms with Gasteiger partial charge < -0.3 is 11.5 Å². The van der Waals surface area contributed by atoms with E-state index in [1.54, 1.807) is 54.6 Å². The van der Waals surface area contributed by atoms with Crippen molar-refractivity contribution in [1.82, 2.24) is 0 Å². The summed E-state index contributed by atoms with van der Waals surface area (Å²) < 4.78 is 62.0. The number of nitrogens with two attached hydrogens (primary N) is 2. The number of hydrogen-bond donors (Lipinski definition) is 4. The Morgan fingerprint density at radius 1 is 0.600 bits per heavy atom. The third-order valence-corrected chi connectivity index (χ3v) is 6.17.